The molecule has 0 aliphatic rings. The first-order valence-electron chi connectivity index (χ1n) is 14.6. The first-order valence-corrected chi connectivity index (χ1v) is 16.0. The van der Waals surface area contributed by atoms with Crippen LogP contribution in [-0.2, 0) is 14.3 Å². The molecule has 0 aliphatic carbocycles. The van der Waals surface area contributed by atoms with Crippen LogP contribution in [0.1, 0.15) is 71.6 Å². The van der Waals surface area contributed by atoms with Crippen molar-refractivity contribution in [3.63, 3.8) is 0 Å². The number of carbonyl (C=O) groups is 3. The Morgan fingerprint density at radius 2 is 1.67 bits per heavy atom. The second-order valence-corrected chi connectivity index (χ2v) is 13.2. The quantitative estimate of drug-likeness (QED) is 0.220. The molecule has 3 amide bonds. The third-order valence-electron chi connectivity index (χ3n) is 7.34. The zero-order valence-corrected chi connectivity index (χ0v) is 27.2. The third kappa shape index (κ3) is 9.10. The highest BCUT2D eigenvalue weighted by Crippen LogP contribution is 2.34. The van der Waals surface area contributed by atoms with Crippen molar-refractivity contribution in [2.75, 3.05) is 17.3 Å². The Hall–Kier alpha value is -3.78. The minimum atomic E-state index is -0.994. The van der Waals surface area contributed by atoms with Crippen molar-refractivity contribution >= 4 is 52.2 Å². The number of alkyl carbamates (subject to hydrolysis) is 1. The molecule has 0 saturated carbocycles. The lowest BCUT2D eigenvalue weighted by Crippen LogP contribution is -2.59. The van der Waals surface area contributed by atoms with E-state index in [0.29, 0.717) is 29.8 Å². The van der Waals surface area contributed by atoms with Gasteiger partial charge in [0.05, 0.1) is 0 Å². The summed E-state index contributed by atoms with van der Waals surface area (Å²) in [5.41, 5.74) is 0.619. The number of rotatable bonds is 12. The molecule has 3 aromatic carbocycles. The Labute approximate surface area is 260 Å². The summed E-state index contributed by atoms with van der Waals surface area (Å²) in [6, 6.07) is 19.3. The van der Waals surface area contributed by atoms with Crippen molar-refractivity contribution in [3.05, 3.63) is 84.4 Å². The van der Waals surface area contributed by atoms with E-state index >= 15 is 0 Å². The molecule has 0 aromatic heterocycles. The normalized spacial score (nSPS) is 13.1. The minimum absolute atomic E-state index is 0.352. The van der Waals surface area contributed by atoms with Gasteiger partial charge in [0.15, 0.2) is 0 Å². The zero-order valence-electron chi connectivity index (χ0n) is 26.4. The zero-order chi connectivity index (χ0) is 31.8. The van der Waals surface area contributed by atoms with E-state index in [2.05, 4.69) is 17.2 Å². The van der Waals surface area contributed by atoms with Crippen LogP contribution in [0.2, 0.25) is 0 Å². The maximum absolute atomic E-state index is 14.6. The average molecular weight is 604 g/mol. The van der Waals surface area contributed by atoms with Gasteiger partial charge in [-0.1, -0.05) is 68.1 Å². The fourth-order valence-corrected chi connectivity index (χ4v) is 5.28. The van der Waals surface area contributed by atoms with Gasteiger partial charge < -0.3 is 20.3 Å². The highest BCUT2D eigenvalue weighted by molar-refractivity contribution is 7.98. The molecule has 0 fully saturated rings. The summed E-state index contributed by atoms with van der Waals surface area (Å²) in [5, 5.41) is 7.94. The minimum Gasteiger partial charge on any atom is -0.444 e. The van der Waals surface area contributed by atoms with Gasteiger partial charge in [-0.05, 0) is 99.6 Å². The van der Waals surface area contributed by atoms with Gasteiger partial charge in [0.25, 0.3) is 5.91 Å². The van der Waals surface area contributed by atoms with E-state index in [1.807, 2.05) is 93.8 Å². The van der Waals surface area contributed by atoms with Crippen LogP contribution in [0.5, 0.6) is 0 Å². The molecule has 0 saturated heterocycles. The predicted molar refractivity (Wildman–Crippen MR) is 179 cm³/mol. The molecule has 8 heteroatoms. The Morgan fingerprint density at radius 3 is 2.30 bits per heavy atom. The summed E-state index contributed by atoms with van der Waals surface area (Å²) in [5.74, 6) is -0.0753. The molecule has 2 unspecified atom stereocenters. The summed E-state index contributed by atoms with van der Waals surface area (Å²) in [7, 11) is 0. The van der Waals surface area contributed by atoms with E-state index in [0.717, 1.165) is 16.3 Å². The SMILES string of the molecule is C=Cc1cccc(C(C(=O)Nc2ccc3ccccc3c2)N(C(=O)C(CCSC)NC(=O)OC(C)(C)C)C(C)(C)CC)c1. The van der Waals surface area contributed by atoms with Gasteiger partial charge in [0.1, 0.15) is 17.7 Å². The number of hydrogen-bond acceptors (Lipinski definition) is 5. The summed E-state index contributed by atoms with van der Waals surface area (Å²) in [6.45, 7) is 15.1. The molecule has 0 spiro atoms. The Balaban J connectivity index is 2.12. The number of thioether (sulfide) groups is 1. The van der Waals surface area contributed by atoms with Crippen LogP contribution in [0.25, 0.3) is 16.8 Å². The lowest BCUT2D eigenvalue weighted by atomic mass is 9.91. The number of ether oxygens (including phenoxy) is 1. The largest absolute Gasteiger partial charge is 0.444 e. The fraction of sp³-hybridized carbons (Fsp3) is 0.400. The van der Waals surface area contributed by atoms with E-state index in [9.17, 15) is 14.4 Å². The van der Waals surface area contributed by atoms with Crippen LogP contribution in [0.15, 0.2) is 73.3 Å². The van der Waals surface area contributed by atoms with Crippen molar-refractivity contribution in [1.29, 1.82) is 0 Å². The standard InChI is InChI=1S/C35H45N3O4S/c1-9-24-14-13-17-27(22-24)30(31(39)36-28-19-18-25-15-11-12-16-26(25)23-28)38(35(6,7)10-2)32(40)29(20-21-43-8)37-33(41)42-34(3,4)5/h9,11-19,22-23,29-30H,1,10,20-21H2,2-8H3,(H,36,39)(H,37,41). The molecule has 2 atom stereocenters. The molecule has 0 radical (unpaired) electrons. The number of nitrogens with one attached hydrogen (secondary N) is 2. The van der Waals surface area contributed by atoms with Crippen LogP contribution in [-0.4, -0.2) is 52.0 Å². The van der Waals surface area contributed by atoms with Gasteiger partial charge in [-0.15, -0.1) is 0 Å². The first-order chi connectivity index (χ1) is 20.3. The van der Waals surface area contributed by atoms with E-state index in [4.69, 9.17) is 4.74 Å². The van der Waals surface area contributed by atoms with Crippen LogP contribution >= 0.6 is 11.8 Å². The number of benzene rings is 3. The van der Waals surface area contributed by atoms with Gasteiger partial charge in [-0.2, -0.15) is 11.8 Å². The first kappa shape index (κ1) is 33.7. The van der Waals surface area contributed by atoms with Gasteiger partial charge >= 0.3 is 6.09 Å². The van der Waals surface area contributed by atoms with Crippen molar-refractivity contribution < 1.29 is 19.1 Å². The number of amides is 3. The Kier molecular flexibility index (Phi) is 11.4. The predicted octanol–water partition coefficient (Wildman–Crippen LogP) is 7.83. The monoisotopic (exact) mass is 603 g/mol. The van der Waals surface area contributed by atoms with E-state index < -0.39 is 29.3 Å². The number of fused-ring (bicyclic) bond motifs is 1. The van der Waals surface area contributed by atoms with E-state index in [1.165, 1.54) is 0 Å². The maximum atomic E-state index is 14.6. The molecule has 0 heterocycles. The second kappa shape index (κ2) is 14.6. The highest BCUT2D eigenvalue weighted by atomic mass is 32.2. The molecular weight excluding hydrogens is 558 g/mol. The van der Waals surface area contributed by atoms with Crippen molar-refractivity contribution in [2.45, 2.75) is 77.6 Å². The number of anilines is 1. The number of hydrogen-bond donors (Lipinski definition) is 2. The molecule has 2 N–H and O–H groups in total. The van der Waals surface area contributed by atoms with Crippen molar-refractivity contribution in [2.24, 2.45) is 0 Å². The van der Waals surface area contributed by atoms with Crippen LogP contribution in [0.3, 0.4) is 0 Å². The van der Waals surface area contributed by atoms with Crippen molar-refractivity contribution in [1.82, 2.24) is 10.2 Å². The summed E-state index contributed by atoms with van der Waals surface area (Å²) in [6.07, 6.45) is 3.93. The van der Waals surface area contributed by atoms with E-state index in [-0.39, 0.29) is 11.8 Å². The van der Waals surface area contributed by atoms with Gasteiger partial charge in [-0.25, -0.2) is 4.79 Å². The molecule has 7 nitrogen and oxygen atoms in total. The lowest BCUT2D eigenvalue weighted by Gasteiger charge is -2.44. The Bertz CT molecular complexity index is 1450. The van der Waals surface area contributed by atoms with Gasteiger partial charge in [0.2, 0.25) is 5.91 Å². The highest BCUT2D eigenvalue weighted by Gasteiger charge is 2.43. The topological polar surface area (TPSA) is 87.7 Å². The maximum Gasteiger partial charge on any atom is 0.408 e. The molecule has 0 aliphatic heterocycles. The molecule has 3 aromatic rings. The second-order valence-electron chi connectivity index (χ2n) is 12.2. The van der Waals surface area contributed by atoms with E-state index in [1.54, 1.807) is 43.5 Å². The molecule has 3 rings (SSSR count). The van der Waals surface area contributed by atoms with Gasteiger partial charge in [-0.3, -0.25) is 9.59 Å². The molecule has 230 valence electrons. The van der Waals surface area contributed by atoms with Crippen LogP contribution in [0, 0.1) is 0 Å². The van der Waals surface area contributed by atoms with Gasteiger partial charge in [0, 0.05) is 11.2 Å². The Morgan fingerprint density at radius 1 is 0.977 bits per heavy atom. The smallest absolute Gasteiger partial charge is 0.408 e. The van der Waals surface area contributed by atoms with Crippen LogP contribution < -0.4 is 10.6 Å². The molecular formula is C35H45N3O4S. The van der Waals surface area contributed by atoms with Crippen LogP contribution in [0.4, 0.5) is 10.5 Å². The lowest BCUT2D eigenvalue weighted by molar-refractivity contribution is -0.147. The number of nitrogens with zero attached hydrogens (tertiary/aromatic N) is 1. The third-order valence-corrected chi connectivity index (χ3v) is 7.98. The summed E-state index contributed by atoms with van der Waals surface area (Å²) < 4.78 is 5.51. The average Bonchev–Trinajstić information content (AvgIpc) is 2.96. The molecule has 0 bridgehead atoms. The fourth-order valence-electron chi connectivity index (χ4n) is 4.81. The summed E-state index contributed by atoms with van der Waals surface area (Å²) in [4.78, 5) is 43.5. The molecule has 43 heavy (non-hydrogen) atoms. The summed E-state index contributed by atoms with van der Waals surface area (Å²) >= 11 is 1.58. The van der Waals surface area contributed by atoms with Crippen molar-refractivity contribution in [3.8, 4) is 0 Å². The number of carbonyl (C=O) groups excluding carboxylic acids is 3.